The van der Waals surface area contributed by atoms with Gasteiger partial charge in [-0.25, -0.2) is 0 Å². The Hall–Kier alpha value is -1.43. The Morgan fingerprint density at radius 1 is 1.30 bits per heavy atom. The minimum absolute atomic E-state index is 0.715. The summed E-state index contributed by atoms with van der Waals surface area (Å²) in [6, 6.07) is 8.35. The van der Waals surface area contributed by atoms with Crippen molar-refractivity contribution in [2.75, 3.05) is 33.4 Å². The molecule has 110 valence electrons. The van der Waals surface area contributed by atoms with E-state index in [0.29, 0.717) is 6.54 Å². The third-order valence-corrected chi connectivity index (χ3v) is 3.50. The Bertz CT molecular complexity index is 530. The second kappa shape index (κ2) is 7.38. The maximum atomic E-state index is 5.62. The average Bonchev–Trinajstić information content (AvgIpc) is 2.79. The maximum absolute atomic E-state index is 5.62. The molecule has 0 amide bonds. The minimum atomic E-state index is 0.715. The van der Waals surface area contributed by atoms with E-state index < -0.39 is 0 Å². The fourth-order valence-corrected chi connectivity index (χ4v) is 2.42. The van der Waals surface area contributed by atoms with Crippen LogP contribution in [0.3, 0.4) is 0 Å². The van der Waals surface area contributed by atoms with Crippen molar-refractivity contribution in [2.45, 2.75) is 13.0 Å². The van der Waals surface area contributed by atoms with Crippen LogP contribution < -0.4 is 5.73 Å². The predicted molar refractivity (Wildman–Crippen MR) is 81.5 cm³/mol. The molecule has 0 fully saturated rings. The molecule has 0 atom stereocenters. The van der Waals surface area contributed by atoms with Crippen LogP contribution in [0.1, 0.15) is 12.1 Å². The Morgan fingerprint density at radius 2 is 2.10 bits per heavy atom. The van der Waals surface area contributed by atoms with Gasteiger partial charge in [0.05, 0.1) is 17.8 Å². The second-order valence-electron chi connectivity index (χ2n) is 5.00. The van der Waals surface area contributed by atoms with Crippen molar-refractivity contribution in [3.8, 4) is 0 Å². The molecule has 1 aromatic carbocycles. The zero-order valence-electron chi connectivity index (χ0n) is 12.4. The van der Waals surface area contributed by atoms with E-state index in [4.69, 9.17) is 10.5 Å². The first-order valence-corrected chi connectivity index (χ1v) is 7.08. The van der Waals surface area contributed by atoms with Crippen LogP contribution in [0, 0.1) is 0 Å². The number of ether oxygens (including phenoxy) is 1. The van der Waals surface area contributed by atoms with Crippen molar-refractivity contribution in [1.29, 1.82) is 0 Å². The lowest BCUT2D eigenvalue weighted by atomic mass is 10.2. The number of rotatable bonds is 8. The van der Waals surface area contributed by atoms with Crippen LogP contribution in [-0.2, 0) is 18.3 Å². The van der Waals surface area contributed by atoms with Gasteiger partial charge in [-0.1, -0.05) is 18.2 Å². The van der Waals surface area contributed by atoms with Crippen LogP contribution in [0.4, 0.5) is 0 Å². The summed E-state index contributed by atoms with van der Waals surface area (Å²) in [5.41, 5.74) is 7.91. The average molecular weight is 276 g/mol. The largest absolute Gasteiger partial charge is 0.383 e. The SMILES string of the molecule is COCCN(CCCN)Cc1nn(C)c2ccccc12. The van der Waals surface area contributed by atoms with Crippen LogP contribution in [0.15, 0.2) is 24.3 Å². The zero-order chi connectivity index (χ0) is 14.4. The molecular formula is C15H24N4O. The number of hydrogen-bond acceptors (Lipinski definition) is 4. The number of methoxy groups -OCH3 is 1. The first-order chi connectivity index (χ1) is 9.76. The highest BCUT2D eigenvalue weighted by atomic mass is 16.5. The summed E-state index contributed by atoms with van der Waals surface area (Å²) in [4.78, 5) is 2.35. The third kappa shape index (κ3) is 3.56. The van der Waals surface area contributed by atoms with Crippen molar-refractivity contribution < 1.29 is 4.74 Å². The number of fused-ring (bicyclic) bond motifs is 1. The number of para-hydroxylation sites is 1. The van der Waals surface area contributed by atoms with E-state index in [1.54, 1.807) is 7.11 Å². The Kier molecular flexibility index (Phi) is 5.52. The highest BCUT2D eigenvalue weighted by molar-refractivity contribution is 5.81. The van der Waals surface area contributed by atoms with Crippen molar-refractivity contribution in [1.82, 2.24) is 14.7 Å². The monoisotopic (exact) mass is 276 g/mol. The van der Waals surface area contributed by atoms with Gasteiger partial charge in [-0.05, 0) is 25.6 Å². The molecule has 0 spiro atoms. The molecule has 0 saturated carbocycles. The molecule has 2 rings (SSSR count). The van der Waals surface area contributed by atoms with E-state index in [9.17, 15) is 0 Å². The molecular weight excluding hydrogens is 252 g/mol. The van der Waals surface area contributed by atoms with Crippen molar-refractivity contribution in [3.63, 3.8) is 0 Å². The molecule has 0 aliphatic carbocycles. The van der Waals surface area contributed by atoms with Gasteiger partial charge < -0.3 is 10.5 Å². The normalized spacial score (nSPS) is 11.6. The summed E-state index contributed by atoms with van der Waals surface area (Å²) in [7, 11) is 3.72. The number of nitrogens with zero attached hydrogens (tertiary/aromatic N) is 3. The first kappa shape index (κ1) is 15.0. The minimum Gasteiger partial charge on any atom is -0.383 e. The second-order valence-corrected chi connectivity index (χ2v) is 5.00. The van der Waals surface area contributed by atoms with Gasteiger partial charge in [0.25, 0.3) is 0 Å². The van der Waals surface area contributed by atoms with E-state index in [1.807, 2.05) is 17.8 Å². The summed E-state index contributed by atoms with van der Waals surface area (Å²) < 4.78 is 7.13. The lowest BCUT2D eigenvalue weighted by Crippen LogP contribution is -2.29. The Morgan fingerprint density at radius 3 is 2.85 bits per heavy atom. The predicted octanol–water partition coefficient (Wildman–Crippen LogP) is 1.37. The van der Waals surface area contributed by atoms with E-state index in [2.05, 4.69) is 28.2 Å². The summed E-state index contributed by atoms with van der Waals surface area (Å²) in [6.07, 6.45) is 0.995. The standard InChI is InChI=1S/C15H24N4O/c1-18-15-7-4-3-6-13(15)14(17-18)12-19(9-5-8-16)10-11-20-2/h3-4,6-7H,5,8-12,16H2,1-2H3. The molecule has 2 N–H and O–H groups in total. The summed E-state index contributed by atoms with van der Waals surface area (Å²) >= 11 is 0. The summed E-state index contributed by atoms with van der Waals surface area (Å²) in [5, 5.41) is 5.88. The zero-order valence-corrected chi connectivity index (χ0v) is 12.4. The van der Waals surface area contributed by atoms with E-state index >= 15 is 0 Å². The molecule has 0 aliphatic rings. The number of hydrogen-bond donors (Lipinski definition) is 1. The topological polar surface area (TPSA) is 56.3 Å². The molecule has 1 aromatic heterocycles. The van der Waals surface area contributed by atoms with Gasteiger partial charge in [0.15, 0.2) is 0 Å². The molecule has 0 unspecified atom stereocenters. The quantitative estimate of drug-likeness (QED) is 0.791. The number of aromatic nitrogens is 2. The van der Waals surface area contributed by atoms with Gasteiger partial charge in [-0.15, -0.1) is 0 Å². The Labute approximate surface area is 120 Å². The van der Waals surface area contributed by atoms with Gasteiger partial charge in [0.2, 0.25) is 0 Å². The van der Waals surface area contributed by atoms with Crippen LogP contribution in [0.25, 0.3) is 10.9 Å². The molecule has 1 heterocycles. The highest BCUT2D eigenvalue weighted by Crippen LogP contribution is 2.18. The molecule has 2 aromatic rings. The third-order valence-electron chi connectivity index (χ3n) is 3.50. The molecule has 5 heteroatoms. The first-order valence-electron chi connectivity index (χ1n) is 7.08. The smallest absolute Gasteiger partial charge is 0.0843 e. The fourth-order valence-electron chi connectivity index (χ4n) is 2.42. The maximum Gasteiger partial charge on any atom is 0.0843 e. The van der Waals surface area contributed by atoms with E-state index in [-0.39, 0.29) is 0 Å². The van der Waals surface area contributed by atoms with E-state index in [0.717, 1.165) is 38.4 Å². The molecule has 0 radical (unpaired) electrons. The highest BCUT2D eigenvalue weighted by Gasteiger charge is 2.12. The van der Waals surface area contributed by atoms with Gasteiger partial charge in [0.1, 0.15) is 0 Å². The van der Waals surface area contributed by atoms with Crippen molar-refractivity contribution in [2.24, 2.45) is 12.8 Å². The number of aryl methyl sites for hydroxylation is 1. The van der Waals surface area contributed by atoms with Crippen LogP contribution in [-0.4, -0.2) is 48.0 Å². The molecule has 5 nitrogen and oxygen atoms in total. The van der Waals surface area contributed by atoms with E-state index in [1.165, 1.54) is 10.9 Å². The summed E-state index contributed by atoms with van der Waals surface area (Å²) in [6.45, 7) is 4.17. The molecule has 0 aliphatic heterocycles. The van der Waals surface area contributed by atoms with Gasteiger partial charge >= 0.3 is 0 Å². The Balaban J connectivity index is 2.14. The van der Waals surface area contributed by atoms with Crippen LogP contribution in [0.5, 0.6) is 0 Å². The lowest BCUT2D eigenvalue weighted by Gasteiger charge is -2.20. The molecule has 0 bridgehead atoms. The van der Waals surface area contributed by atoms with Crippen molar-refractivity contribution in [3.05, 3.63) is 30.0 Å². The van der Waals surface area contributed by atoms with Crippen LogP contribution >= 0.6 is 0 Å². The van der Waals surface area contributed by atoms with Crippen molar-refractivity contribution >= 4 is 10.9 Å². The number of nitrogens with two attached hydrogens (primary N) is 1. The fraction of sp³-hybridized carbons (Fsp3) is 0.533. The molecule has 0 saturated heterocycles. The molecule has 20 heavy (non-hydrogen) atoms. The number of benzene rings is 1. The lowest BCUT2D eigenvalue weighted by molar-refractivity contribution is 0.143. The van der Waals surface area contributed by atoms with Crippen LogP contribution in [0.2, 0.25) is 0 Å². The van der Waals surface area contributed by atoms with Gasteiger partial charge in [-0.3, -0.25) is 9.58 Å². The van der Waals surface area contributed by atoms with Gasteiger partial charge in [0, 0.05) is 32.6 Å². The van der Waals surface area contributed by atoms with Gasteiger partial charge in [-0.2, -0.15) is 5.10 Å². The summed E-state index contributed by atoms with van der Waals surface area (Å²) in [5.74, 6) is 0.